The molecule has 1 heterocycles. The van der Waals surface area contributed by atoms with Crippen molar-refractivity contribution < 1.29 is 4.74 Å². The quantitative estimate of drug-likeness (QED) is 0.815. The first-order chi connectivity index (χ1) is 9.76. The number of hydrogen-bond donors (Lipinski definition) is 1. The molecule has 1 aromatic rings. The molecule has 0 aliphatic carbocycles. The van der Waals surface area contributed by atoms with Crippen LogP contribution in [0.4, 0.5) is 0 Å². The molecule has 3 nitrogen and oxygen atoms in total. The maximum Gasteiger partial charge on any atom is 0.123 e. The van der Waals surface area contributed by atoms with E-state index >= 15 is 0 Å². The third-order valence-corrected chi connectivity index (χ3v) is 4.02. The zero-order valence-electron chi connectivity index (χ0n) is 12.1. The van der Waals surface area contributed by atoms with E-state index in [9.17, 15) is 0 Å². The monoisotopic (exact) mass is 294 g/mol. The molecule has 0 spiro atoms. The summed E-state index contributed by atoms with van der Waals surface area (Å²) >= 11 is 6.18. The van der Waals surface area contributed by atoms with Crippen LogP contribution in [0.25, 0.3) is 0 Å². The summed E-state index contributed by atoms with van der Waals surface area (Å²) in [4.78, 5) is 2.51. The van der Waals surface area contributed by atoms with Crippen LogP contribution < -0.4 is 10.1 Å². The number of halogens is 1. The molecular weight excluding hydrogens is 272 g/mol. The number of nitrogens with one attached hydrogen (secondary N) is 1. The van der Waals surface area contributed by atoms with E-state index in [0.717, 1.165) is 49.8 Å². The fraction of sp³-hybridized carbons (Fsp3) is 0.500. The average Bonchev–Trinajstić information content (AvgIpc) is 2.49. The molecule has 110 valence electrons. The topological polar surface area (TPSA) is 24.5 Å². The Hall–Kier alpha value is -1.03. The van der Waals surface area contributed by atoms with Crippen molar-refractivity contribution >= 4 is 11.6 Å². The Morgan fingerprint density at radius 3 is 2.85 bits per heavy atom. The van der Waals surface area contributed by atoms with Gasteiger partial charge >= 0.3 is 0 Å². The average molecular weight is 295 g/mol. The number of nitrogens with zero attached hydrogens (tertiary/aromatic N) is 1. The summed E-state index contributed by atoms with van der Waals surface area (Å²) < 4.78 is 5.53. The van der Waals surface area contributed by atoms with Gasteiger partial charge in [0, 0.05) is 42.8 Å². The fourth-order valence-corrected chi connectivity index (χ4v) is 2.95. The Morgan fingerprint density at radius 2 is 2.20 bits per heavy atom. The molecule has 1 aliphatic rings. The summed E-state index contributed by atoms with van der Waals surface area (Å²) in [5.74, 6) is 0.919. The molecule has 0 radical (unpaired) electrons. The van der Waals surface area contributed by atoms with Crippen LogP contribution in [-0.4, -0.2) is 38.2 Å². The van der Waals surface area contributed by atoms with Crippen LogP contribution in [0.3, 0.4) is 0 Å². The van der Waals surface area contributed by atoms with Crippen LogP contribution in [0.1, 0.15) is 24.4 Å². The first-order valence-corrected chi connectivity index (χ1v) is 7.53. The van der Waals surface area contributed by atoms with Crippen molar-refractivity contribution in [1.29, 1.82) is 0 Å². The molecule has 2 rings (SSSR count). The summed E-state index contributed by atoms with van der Waals surface area (Å²) in [5, 5.41) is 4.16. The van der Waals surface area contributed by atoms with Gasteiger partial charge in [-0.1, -0.05) is 17.7 Å². The van der Waals surface area contributed by atoms with Gasteiger partial charge in [0.15, 0.2) is 0 Å². The molecule has 20 heavy (non-hydrogen) atoms. The van der Waals surface area contributed by atoms with Crippen molar-refractivity contribution in [3.8, 4) is 5.75 Å². The van der Waals surface area contributed by atoms with Gasteiger partial charge in [-0.3, -0.25) is 4.90 Å². The molecule has 1 fully saturated rings. The van der Waals surface area contributed by atoms with Gasteiger partial charge in [0.1, 0.15) is 5.75 Å². The van der Waals surface area contributed by atoms with Crippen molar-refractivity contribution in [1.82, 2.24) is 10.2 Å². The minimum atomic E-state index is 0.337. The molecule has 1 atom stereocenters. The predicted molar refractivity (Wildman–Crippen MR) is 84.6 cm³/mol. The molecule has 4 heteroatoms. The van der Waals surface area contributed by atoms with E-state index in [4.69, 9.17) is 16.3 Å². The van der Waals surface area contributed by atoms with Gasteiger partial charge in [0.2, 0.25) is 0 Å². The van der Waals surface area contributed by atoms with E-state index in [-0.39, 0.29) is 0 Å². The van der Waals surface area contributed by atoms with Gasteiger partial charge in [-0.05, 0) is 31.0 Å². The van der Waals surface area contributed by atoms with Gasteiger partial charge in [-0.25, -0.2) is 0 Å². The van der Waals surface area contributed by atoms with Gasteiger partial charge in [-0.2, -0.15) is 0 Å². The first-order valence-electron chi connectivity index (χ1n) is 7.15. The Labute approximate surface area is 126 Å². The van der Waals surface area contributed by atoms with Gasteiger partial charge in [-0.15, -0.1) is 6.58 Å². The number of rotatable bonds is 6. The van der Waals surface area contributed by atoms with E-state index in [2.05, 4.69) is 16.8 Å². The Morgan fingerprint density at radius 1 is 1.45 bits per heavy atom. The number of allylic oxidation sites excluding steroid dienone is 1. The highest BCUT2D eigenvalue weighted by molar-refractivity contribution is 6.30. The highest BCUT2D eigenvalue weighted by atomic mass is 35.5. The summed E-state index contributed by atoms with van der Waals surface area (Å²) in [7, 11) is 1.72. The van der Waals surface area contributed by atoms with Crippen molar-refractivity contribution in [3.63, 3.8) is 0 Å². The number of ether oxygens (including phenoxy) is 1. The van der Waals surface area contributed by atoms with Crippen LogP contribution in [-0.2, 0) is 0 Å². The molecule has 0 bridgehead atoms. The van der Waals surface area contributed by atoms with E-state index in [1.807, 2.05) is 24.3 Å². The maximum absolute atomic E-state index is 6.18. The Bertz CT molecular complexity index is 444. The van der Waals surface area contributed by atoms with Crippen LogP contribution >= 0.6 is 11.6 Å². The fourth-order valence-electron chi connectivity index (χ4n) is 2.77. The van der Waals surface area contributed by atoms with E-state index in [0.29, 0.717) is 6.04 Å². The maximum atomic E-state index is 6.18. The molecule has 0 amide bonds. The molecule has 1 saturated heterocycles. The van der Waals surface area contributed by atoms with Crippen LogP contribution in [0, 0.1) is 0 Å². The lowest BCUT2D eigenvalue weighted by Gasteiger charge is -2.35. The standard InChI is InChI=1S/C16H23ClN2O/c1-3-4-5-15(19-10-8-18-9-11-19)14-12-13(17)6-7-16(14)20-2/h3,6-7,12,15,18H,1,4-5,8-11H2,2H3/t15-/m0/s1. The summed E-state index contributed by atoms with van der Waals surface area (Å²) in [5.41, 5.74) is 1.18. The van der Waals surface area contributed by atoms with Crippen molar-refractivity contribution in [2.45, 2.75) is 18.9 Å². The third kappa shape index (κ3) is 3.75. The summed E-state index contributed by atoms with van der Waals surface area (Å²) in [6.07, 6.45) is 4.01. The van der Waals surface area contributed by atoms with Crippen molar-refractivity contribution in [2.75, 3.05) is 33.3 Å². The number of methoxy groups -OCH3 is 1. The van der Waals surface area contributed by atoms with Gasteiger partial charge in [0.05, 0.1) is 7.11 Å². The predicted octanol–water partition coefficient (Wildman–Crippen LogP) is 3.26. The lowest BCUT2D eigenvalue weighted by atomic mass is 9.98. The first kappa shape index (κ1) is 15.4. The highest BCUT2D eigenvalue weighted by Crippen LogP contribution is 2.34. The second-order valence-electron chi connectivity index (χ2n) is 5.05. The van der Waals surface area contributed by atoms with Crippen molar-refractivity contribution in [2.24, 2.45) is 0 Å². The molecule has 0 saturated carbocycles. The molecule has 1 aromatic carbocycles. The van der Waals surface area contributed by atoms with Gasteiger partial charge < -0.3 is 10.1 Å². The van der Waals surface area contributed by atoms with E-state index < -0.39 is 0 Å². The van der Waals surface area contributed by atoms with Crippen molar-refractivity contribution in [3.05, 3.63) is 41.4 Å². The normalized spacial score (nSPS) is 17.7. The van der Waals surface area contributed by atoms with E-state index in [1.165, 1.54) is 5.56 Å². The Kier molecular flexibility index (Phi) is 5.89. The lowest BCUT2D eigenvalue weighted by Crippen LogP contribution is -2.45. The second-order valence-corrected chi connectivity index (χ2v) is 5.49. The summed E-state index contributed by atoms with van der Waals surface area (Å²) in [6, 6.07) is 6.21. The number of piperazine rings is 1. The zero-order chi connectivity index (χ0) is 14.4. The molecule has 1 aliphatic heterocycles. The number of hydrogen-bond acceptors (Lipinski definition) is 3. The van der Waals surface area contributed by atoms with Crippen LogP contribution in [0.15, 0.2) is 30.9 Å². The van der Waals surface area contributed by atoms with Crippen LogP contribution in [0.5, 0.6) is 5.75 Å². The molecule has 0 unspecified atom stereocenters. The Balaban J connectivity index is 2.28. The molecular formula is C16H23ClN2O. The highest BCUT2D eigenvalue weighted by Gasteiger charge is 2.24. The summed E-state index contributed by atoms with van der Waals surface area (Å²) in [6.45, 7) is 8.02. The smallest absolute Gasteiger partial charge is 0.123 e. The molecule has 1 N–H and O–H groups in total. The van der Waals surface area contributed by atoms with Crippen LogP contribution in [0.2, 0.25) is 5.02 Å². The largest absolute Gasteiger partial charge is 0.496 e. The van der Waals surface area contributed by atoms with E-state index in [1.54, 1.807) is 7.11 Å². The molecule has 0 aromatic heterocycles. The second kappa shape index (κ2) is 7.67. The third-order valence-electron chi connectivity index (χ3n) is 3.79. The number of benzene rings is 1. The SMILES string of the molecule is C=CCC[C@@H](c1cc(Cl)ccc1OC)N1CCNCC1. The lowest BCUT2D eigenvalue weighted by molar-refractivity contribution is 0.163. The minimum absolute atomic E-state index is 0.337. The minimum Gasteiger partial charge on any atom is -0.496 e. The zero-order valence-corrected chi connectivity index (χ0v) is 12.8. The van der Waals surface area contributed by atoms with Gasteiger partial charge in [0.25, 0.3) is 0 Å².